The smallest absolute Gasteiger partial charge is 0.131 e. The van der Waals surface area contributed by atoms with Gasteiger partial charge in [-0.2, -0.15) is 0 Å². The van der Waals surface area contributed by atoms with Gasteiger partial charge >= 0.3 is 0 Å². The third-order valence-corrected chi connectivity index (χ3v) is 10.5. The van der Waals surface area contributed by atoms with E-state index in [0.29, 0.717) is 0 Å². The van der Waals surface area contributed by atoms with Crippen LogP contribution in [-0.2, 0) is 0 Å². The van der Waals surface area contributed by atoms with Crippen molar-refractivity contribution in [1.82, 2.24) is 9.13 Å². The van der Waals surface area contributed by atoms with Gasteiger partial charge in [-0.15, -0.1) is 0 Å². The van der Waals surface area contributed by atoms with Gasteiger partial charge in [-0.05, 0) is 75.0 Å². The number of hydrogen-bond acceptors (Lipinski definition) is 0. The van der Waals surface area contributed by atoms with E-state index in [4.69, 9.17) is 0 Å². The van der Waals surface area contributed by atoms with Gasteiger partial charge in [0, 0.05) is 33.5 Å². The molecule has 8 aromatic carbocycles. The van der Waals surface area contributed by atoms with Gasteiger partial charge in [-0.3, -0.25) is 9.13 Å². The van der Waals surface area contributed by atoms with Crippen LogP contribution < -0.4 is 0 Å². The first-order valence-corrected chi connectivity index (χ1v) is 17.7. The zero-order valence-electron chi connectivity index (χ0n) is 28.0. The van der Waals surface area contributed by atoms with Crippen LogP contribution in [-0.4, -0.2) is 9.13 Å². The second-order valence-corrected chi connectivity index (χ2v) is 13.3. The van der Waals surface area contributed by atoms with Crippen LogP contribution in [0.2, 0.25) is 0 Å². The first kappa shape index (κ1) is 29.3. The highest BCUT2D eigenvalue weighted by molar-refractivity contribution is 6.22. The van der Waals surface area contributed by atoms with E-state index in [1.165, 1.54) is 71.4 Å². The zero-order chi connectivity index (χ0) is 33.7. The van der Waals surface area contributed by atoms with Gasteiger partial charge in [0.05, 0.1) is 11.0 Å². The highest BCUT2D eigenvalue weighted by Crippen LogP contribution is 2.43. The van der Waals surface area contributed by atoms with Crippen LogP contribution in [0.5, 0.6) is 0 Å². The van der Waals surface area contributed by atoms with Crippen molar-refractivity contribution in [2.45, 2.75) is 5.92 Å². The van der Waals surface area contributed by atoms with Gasteiger partial charge in [-0.25, -0.2) is 0 Å². The first-order valence-electron chi connectivity index (χ1n) is 17.7. The van der Waals surface area contributed by atoms with Crippen molar-refractivity contribution < 1.29 is 0 Å². The van der Waals surface area contributed by atoms with E-state index in [0.717, 1.165) is 11.4 Å². The summed E-state index contributed by atoms with van der Waals surface area (Å²) in [6.45, 7) is 0. The number of aromatic nitrogens is 2. The molecule has 0 aliphatic carbocycles. The summed E-state index contributed by atoms with van der Waals surface area (Å²) in [4.78, 5) is 0. The summed E-state index contributed by atoms with van der Waals surface area (Å²) in [5, 5.41) is 6.33. The molecule has 0 saturated heterocycles. The van der Waals surface area contributed by atoms with Crippen molar-refractivity contribution in [1.29, 1.82) is 0 Å². The average molecular weight is 651 g/mol. The van der Waals surface area contributed by atoms with Crippen LogP contribution >= 0.6 is 0 Å². The molecular formula is C49H34N2. The quantitative estimate of drug-likeness (QED) is 0.159. The third kappa shape index (κ3) is 4.72. The number of para-hydroxylation sites is 3. The number of benzene rings is 8. The minimum Gasteiger partial charge on any atom is -0.295 e. The maximum atomic E-state index is 2.45. The maximum absolute atomic E-state index is 2.45. The minimum atomic E-state index is 0.0266. The Bertz CT molecular complexity index is 2840. The SMILES string of the molecule is c1ccc(-c2ccccc2C(c2ccc(-n3c4ccccc4c4c5ccccc5n(-c5ccccc5)c43)cc2)c2cccc3ccccc23)cc1. The first-order chi connectivity index (χ1) is 25.3. The molecule has 0 radical (unpaired) electrons. The van der Waals surface area contributed by atoms with Gasteiger partial charge in [0.1, 0.15) is 5.65 Å². The highest BCUT2D eigenvalue weighted by Gasteiger charge is 2.24. The van der Waals surface area contributed by atoms with Gasteiger partial charge in [-0.1, -0.05) is 164 Å². The summed E-state index contributed by atoms with van der Waals surface area (Å²) in [7, 11) is 0. The summed E-state index contributed by atoms with van der Waals surface area (Å²) in [5.74, 6) is 0.0266. The average Bonchev–Trinajstić information content (AvgIpc) is 3.72. The molecule has 51 heavy (non-hydrogen) atoms. The maximum Gasteiger partial charge on any atom is 0.131 e. The molecule has 0 amide bonds. The molecule has 1 atom stereocenters. The molecule has 10 rings (SSSR count). The summed E-state index contributed by atoms with van der Waals surface area (Å²) in [6.07, 6.45) is 0. The van der Waals surface area contributed by atoms with Gasteiger partial charge < -0.3 is 0 Å². The van der Waals surface area contributed by atoms with E-state index in [9.17, 15) is 0 Å². The normalized spacial score (nSPS) is 12.2. The number of nitrogens with zero attached hydrogens (tertiary/aromatic N) is 2. The van der Waals surface area contributed by atoms with E-state index in [1.807, 2.05) is 0 Å². The second kappa shape index (κ2) is 12.0. The van der Waals surface area contributed by atoms with Crippen molar-refractivity contribution >= 4 is 43.6 Å². The van der Waals surface area contributed by atoms with Crippen LogP contribution in [0.1, 0.15) is 22.6 Å². The standard InChI is InChI=1S/C49H34N2/c1-3-16-34(17-4-1)39-23-9-10-24-41(39)47(42-27-15-19-35-18-7-8-22-40(35)42)36-30-32-38(33-31-36)51-46-29-14-12-26-44(46)48-43-25-11-13-28-45(43)50(49(48)51)37-20-5-2-6-21-37/h1-33,47H. The lowest BCUT2D eigenvalue weighted by atomic mass is 9.79. The number of fused-ring (bicyclic) bond motifs is 6. The predicted octanol–water partition coefficient (Wildman–Crippen LogP) is 12.7. The zero-order valence-corrected chi connectivity index (χ0v) is 28.0. The van der Waals surface area contributed by atoms with E-state index < -0.39 is 0 Å². The number of rotatable bonds is 6. The van der Waals surface area contributed by atoms with Crippen molar-refractivity contribution in [2.24, 2.45) is 0 Å². The monoisotopic (exact) mass is 650 g/mol. The van der Waals surface area contributed by atoms with Crippen molar-refractivity contribution in [3.63, 3.8) is 0 Å². The Morgan fingerprint density at radius 1 is 0.353 bits per heavy atom. The van der Waals surface area contributed by atoms with Crippen molar-refractivity contribution in [2.75, 3.05) is 0 Å². The van der Waals surface area contributed by atoms with Crippen molar-refractivity contribution in [3.8, 4) is 22.5 Å². The molecule has 0 spiro atoms. The summed E-state index contributed by atoms with van der Waals surface area (Å²) < 4.78 is 4.87. The minimum absolute atomic E-state index is 0.0266. The highest BCUT2D eigenvalue weighted by atomic mass is 15.1. The Kier molecular flexibility index (Phi) is 6.92. The molecule has 2 heteroatoms. The molecule has 2 nitrogen and oxygen atoms in total. The molecule has 0 bridgehead atoms. The Morgan fingerprint density at radius 2 is 0.863 bits per heavy atom. The lowest BCUT2D eigenvalue weighted by molar-refractivity contribution is 0.986. The molecule has 0 saturated carbocycles. The molecule has 0 N–H and O–H groups in total. The van der Waals surface area contributed by atoms with E-state index >= 15 is 0 Å². The largest absolute Gasteiger partial charge is 0.295 e. The Morgan fingerprint density at radius 3 is 1.57 bits per heavy atom. The number of hydrogen-bond donors (Lipinski definition) is 0. The fraction of sp³-hybridized carbons (Fsp3) is 0.0204. The van der Waals surface area contributed by atoms with Gasteiger partial charge in [0.25, 0.3) is 0 Å². The Labute approximate surface area is 297 Å². The molecule has 1 unspecified atom stereocenters. The Hall–Kier alpha value is -6.64. The van der Waals surface area contributed by atoms with Crippen LogP contribution in [0.3, 0.4) is 0 Å². The van der Waals surface area contributed by atoms with E-state index in [1.54, 1.807) is 0 Å². The predicted molar refractivity (Wildman–Crippen MR) is 214 cm³/mol. The summed E-state index contributed by atoms with van der Waals surface area (Å²) in [5.41, 5.74) is 12.2. The summed E-state index contributed by atoms with van der Waals surface area (Å²) >= 11 is 0. The van der Waals surface area contributed by atoms with Gasteiger partial charge in [0.15, 0.2) is 0 Å². The molecule has 2 aromatic heterocycles. The van der Waals surface area contributed by atoms with Crippen molar-refractivity contribution in [3.05, 3.63) is 217 Å². The molecule has 0 aliphatic rings. The molecular weight excluding hydrogens is 617 g/mol. The lowest BCUT2D eigenvalue weighted by Gasteiger charge is -2.24. The third-order valence-electron chi connectivity index (χ3n) is 10.5. The molecule has 0 aliphatic heterocycles. The van der Waals surface area contributed by atoms with Crippen LogP contribution in [0, 0.1) is 0 Å². The fourth-order valence-electron chi connectivity index (χ4n) is 8.27. The molecule has 240 valence electrons. The van der Waals surface area contributed by atoms with Gasteiger partial charge in [0.2, 0.25) is 0 Å². The Balaban J connectivity index is 1.22. The molecule has 0 fully saturated rings. The van der Waals surface area contributed by atoms with Crippen LogP contribution in [0.4, 0.5) is 0 Å². The van der Waals surface area contributed by atoms with E-state index in [-0.39, 0.29) is 5.92 Å². The molecule has 10 aromatic rings. The van der Waals surface area contributed by atoms with E-state index in [2.05, 4.69) is 209 Å². The topological polar surface area (TPSA) is 9.86 Å². The molecule has 2 heterocycles. The summed E-state index contributed by atoms with van der Waals surface area (Å²) in [6, 6.07) is 72.9. The second-order valence-electron chi connectivity index (χ2n) is 13.3. The lowest BCUT2D eigenvalue weighted by Crippen LogP contribution is -2.07. The van der Waals surface area contributed by atoms with Crippen LogP contribution in [0.15, 0.2) is 200 Å². The fourth-order valence-corrected chi connectivity index (χ4v) is 8.27. The van der Waals surface area contributed by atoms with Crippen LogP contribution in [0.25, 0.3) is 66.1 Å².